The number of likely N-dealkylation sites (tertiary alicyclic amines) is 1. The van der Waals surface area contributed by atoms with Gasteiger partial charge >= 0.3 is 5.69 Å². The molecule has 1 aromatic heterocycles. The number of aliphatic hydroxyl groups is 1. The molecule has 1 saturated heterocycles. The number of aromatic nitrogens is 2. The molecule has 0 saturated carbocycles. The first-order valence-electron chi connectivity index (χ1n) is 9.49. The Balaban J connectivity index is 1.56. The van der Waals surface area contributed by atoms with Crippen molar-refractivity contribution >= 4 is 5.91 Å². The summed E-state index contributed by atoms with van der Waals surface area (Å²) in [5.41, 5.74) is 0.164. The Morgan fingerprint density at radius 3 is 2.68 bits per heavy atom. The van der Waals surface area contributed by atoms with E-state index in [4.69, 9.17) is 4.74 Å². The second kappa shape index (κ2) is 8.62. The monoisotopic (exact) mass is 388 g/mol. The molecular weight excluding hydrogens is 360 g/mol. The predicted molar refractivity (Wildman–Crippen MR) is 105 cm³/mol. The molecule has 8 nitrogen and oxygen atoms in total. The maximum Gasteiger partial charge on any atom is 0.323 e. The van der Waals surface area contributed by atoms with E-state index in [-0.39, 0.29) is 11.6 Å². The highest BCUT2D eigenvalue weighted by molar-refractivity contribution is 5.92. The number of imidazole rings is 1. The van der Waals surface area contributed by atoms with Crippen LogP contribution in [0.1, 0.15) is 35.3 Å². The first-order chi connectivity index (χ1) is 13.4. The number of benzene rings is 1. The molecule has 0 radical (unpaired) electrons. The van der Waals surface area contributed by atoms with Crippen molar-refractivity contribution in [2.45, 2.75) is 31.4 Å². The summed E-state index contributed by atoms with van der Waals surface area (Å²) < 4.78 is 5.18. The molecule has 3 rings (SSSR count). The fraction of sp³-hybridized carbons (Fsp3) is 0.500. The Morgan fingerprint density at radius 1 is 1.29 bits per heavy atom. The van der Waals surface area contributed by atoms with Crippen LogP contribution in [0.15, 0.2) is 35.3 Å². The van der Waals surface area contributed by atoms with Gasteiger partial charge in [-0.25, -0.2) is 4.79 Å². The molecule has 1 aliphatic rings. The van der Waals surface area contributed by atoms with Crippen LogP contribution in [0.2, 0.25) is 0 Å². The molecule has 152 valence electrons. The van der Waals surface area contributed by atoms with Crippen molar-refractivity contribution in [2.75, 3.05) is 33.8 Å². The third-order valence-electron chi connectivity index (χ3n) is 5.21. The van der Waals surface area contributed by atoms with E-state index in [0.29, 0.717) is 38.9 Å². The third-order valence-corrected chi connectivity index (χ3v) is 5.21. The maximum atomic E-state index is 12.5. The van der Waals surface area contributed by atoms with Crippen LogP contribution in [0, 0.1) is 0 Å². The number of H-pyrrole nitrogens is 2. The van der Waals surface area contributed by atoms with Crippen LogP contribution in [0.4, 0.5) is 0 Å². The average molecular weight is 388 g/mol. The first-order valence-corrected chi connectivity index (χ1v) is 9.49. The quantitative estimate of drug-likeness (QED) is 0.690. The van der Waals surface area contributed by atoms with Gasteiger partial charge in [-0.15, -0.1) is 0 Å². The van der Waals surface area contributed by atoms with Gasteiger partial charge in [-0.1, -0.05) is 12.1 Å². The Kier molecular flexibility index (Phi) is 6.21. The van der Waals surface area contributed by atoms with E-state index >= 15 is 0 Å². The van der Waals surface area contributed by atoms with Crippen molar-refractivity contribution in [1.82, 2.24) is 19.8 Å². The van der Waals surface area contributed by atoms with E-state index in [1.165, 1.54) is 6.20 Å². The van der Waals surface area contributed by atoms with Gasteiger partial charge in [0.25, 0.3) is 5.91 Å². The Morgan fingerprint density at radius 2 is 2.04 bits per heavy atom. The molecule has 0 bridgehead atoms. The Hall–Kier alpha value is -2.58. The zero-order valence-corrected chi connectivity index (χ0v) is 16.4. The van der Waals surface area contributed by atoms with Crippen molar-refractivity contribution in [3.63, 3.8) is 0 Å². The first kappa shape index (κ1) is 20.2. The van der Waals surface area contributed by atoms with Crippen molar-refractivity contribution in [1.29, 1.82) is 0 Å². The van der Waals surface area contributed by atoms with Gasteiger partial charge in [0.15, 0.2) is 0 Å². The summed E-state index contributed by atoms with van der Waals surface area (Å²) in [4.78, 5) is 32.5. The topological polar surface area (TPSA) is 102 Å². The van der Waals surface area contributed by atoms with Gasteiger partial charge in [-0.3, -0.25) is 9.69 Å². The highest BCUT2D eigenvalue weighted by Gasteiger charge is 2.33. The molecule has 1 unspecified atom stereocenters. The van der Waals surface area contributed by atoms with E-state index < -0.39 is 11.3 Å². The number of aromatic amines is 2. The number of nitrogens with one attached hydrogen (secondary N) is 2. The number of rotatable bonds is 6. The molecule has 8 heteroatoms. The summed E-state index contributed by atoms with van der Waals surface area (Å²) in [5.74, 6) is 0.608. The number of carbonyl (C=O) groups excluding carboxylic acids is 1. The number of methoxy groups -OCH3 is 1. The largest absolute Gasteiger partial charge is 0.497 e. The summed E-state index contributed by atoms with van der Waals surface area (Å²) in [6.45, 7) is 2.27. The molecule has 0 spiro atoms. The van der Waals surface area contributed by atoms with Crippen LogP contribution in [-0.4, -0.2) is 70.2 Å². The lowest BCUT2D eigenvalue weighted by Gasteiger charge is -2.31. The molecule has 1 fully saturated rings. The van der Waals surface area contributed by atoms with Gasteiger partial charge in [-0.2, -0.15) is 0 Å². The normalized spacial score (nSPS) is 20.2. The van der Waals surface area contributed by atoms with Crippen molar-refractivity contribution in [3.05, 3.63) is 52.2 Å². The summed E-state index contributed by atoms with van der Waals surface area (Å²) in [6.07, 6.45) is 3.24. The summed E-state index contributed by atoms with van der Waals surface area (Å²) >= 11 is 0. The van der Waals surface area contributed by atoms with E-state index in [9.17, 15) is 14.7 Å². The minimum Gasteiger partial charge on any atom is -0.497 e. The van der Waals surface area contributed by atoms with Crippen LogP contribution < -0.4 is 10.4 Å². The number of ether oxygens (including phenoxy) is 1. The Bertz CT molecular complexity index is 844. The van der Waals surface area contributed by atoms with Gasteiger partial charge in [0, 0.05) is 32.4 Å². The molecule has 1 atom stereocenters. The predicted octanol–water partition coefficient (Wildman–Crippen LogP) is 1.20. The average Bonchev–Trinajstić information content (AvgIpc) is 3.01. The number of hydrogen-bond donors (Lipinski definition) is 3. The van der Waals surface area contributed by atoms with Crippen molar-refractivity contribution in [3.8, 4) is 5.75 Å². The highest BCUT2D eigenvalue weighted by atomic mass is 16.5. The second-order valence-corrected chi connectivity index (χ2v) is 7.55. The minimum absolute atomic E-state index is 0.214. The van der Waals surface area contributed by atoms with Gasteiger partial charge in [0.1, 0.15) is 11.4 Å². The standard InChI is InChI=1S/C20H28N4O4/c1-23(13-15-4-6-16(28-2)7-5-15)14-20(27)8-3-10-24(11-9-20)18(25)17-12-21-19(26)22-17/h4-7,12,27H,3,8-11,13-14H2,1-2H3,(H2,21,22,26). The maximum absolute atomic E-state index is 12.5. The molecule has 28 heavy (non-hydrogen) atoms. The van der Waals surface area contributed by atoms with Crippen LogP contribution in [0.3, 0.4) is 0 Å². The van der Waals surface area contributed by atoms with E-state index in [1.807, 2.05) is 31.3 Å². The lowest BCUT2D eigenvalue weighted by atomic mass is 9.94. The lowest BCUT2D eigenvalue weighted by Crippen LogP contribution is -2.42. The zero-order valence-electron chi connectivity index (χ0n) is 16.4. The fourth-order valence-electron chi connectivity index (χ4n) is 3.76. The van der Waals surface area contributed by atoms with Crippen LogP contribution in [0.5, 0.6) is 5.75 Å². The number of nitrogens with zero attached hydrogens (tertiary/aromatic N) is 2. The number of hydrogen-bond acceptors (Lipinski definition) is 5. The van der Waals surface area contributed by atoms with E-state index in [1.54, 1.807) is 12.0 Å². The van der Waals surface area contributed by atoms with Crippen LogP contribution >= 0.6 is 0 Å². The minimum atomic E-state index is -0.845. The molecule has 1 aliphatic heterocycles. The summed E-state index contributed by atoms with van der Waals surface area (Å²) in [6, 6.07) is 7.89. The van der Waals surface area contributed by atoms with Crippen LogP contribution in [0.25, 0.3) is 0 Å². The molecule has 1 aromatic carbocycles. The Labute approximate surface area is 164 Å². The molecule has 2 heterocycles. The zero-order chi connectivity index (χ0) is 20.1. The van der Waals surface area contributed by atoms with Gasteiger partial charge in [-0.05, 0) is 44.0 Å². The van der Waals surface area contributed by atoms with Gasteiger partial charge in [0.05, 0.1) is 12.7 Å². The number of amides is 1. The van der Waals surface area contributed by atoms with E-state index in [2.05, 4.69) is 14.9 Å². The van der Waals surface area contributed by atoms with Gasteiger partial charge < -0.3 is 24.7 Å². The fourth-order valence-corrected chi connectivity index (χ4v) is 3.76. The van der Waals surface area contributed by atoms with Crippen molar-refractivity contribution in [2.24, 2.45) is 0 Å². The molecule has 3 N–H and O–H groups in total. The van der Waals surface area contributed by atoms with Gasteiger partial charge in [0.2, 0.25) is 0 Å². The second-order valence-electron chi connectivity index (χ2n) is 7.55. The highest BCUT2D eigenvalue weighted by Crippen LogP contribution is 2.25. The summed E-state index contributed by atoms with van der Waals surface area (Å²) in [5, 5.41) is 11.1. The van der Waals surface area contributed by atoms with E-state index in [0.717, 1.165) is 17.9 Å². The SMILES string of the molecule is COc1ccc(CN(C)CC2(O)CCCN(C(=O)c3c[nH]c(=O)[nH]3)CC2)cc1. The smallest absolute Gasteiger partial charge is 0.323 e. The molecular formula is C20H28N4O4. The van der Waals surface area contributed by atoms with Crippen LogP contribution in [-0.2, 0) is 6.54 Å². The summed E-state index contributed by atoms with van der Waals surface area (Å²) in [7, 11) is 3.63. The molecule has 0 aliphatic carbocycles. The third kappa shape index (κ3) is 5.02. The molecule has 1 amide bonds. The number of likely N-dealkylation sites (N-methyl/N-ethyl adjacent to an activating group) is 1. The van der Waals surface area contributed by atoms with Crippen molar-refractivity contribution < 1.29 is 14.6 Å². The number of carbonyl (C=O) groups is 1. The molecule has 2 aromatic rings. The lowest BCUT2D eigenvalue weighted by molar-refractivity contribution is -0.00402.